The average Bonchev–Trinajstić information content (AvgIpc) is 3.53. The highest BCUT2D eigenvalue weighted by atomic mass is 16.4. The maximum Gasteiger partial charge on any atom is 0.297 e. The van der Waals surface area contributed by atoms with Crippen LogP contribution < -0.4 is 10.5 Å². The van der Waals surface area contributed by atoms with Gasteiger partial charge in [0.1, 0.15) is 5.52 Å². The minimum absolute atomic E-state index is 0.0226. The quantitative estimate of drug-likeness (QED) is 0.390. The second kappa shape index (κ2) is 8.88. The van der Waals surface area contributed by atoms with Crippen LogP contribution in [0.2, 0.25) is 0 Å². The van der Waals surface area contributed by atoms with Gasteiger partial charge in [-0.2, -0.15) is 0 Å². The van der Waals surface area contributed by atoms with E-state index < -0.39 is 11.3 Å². The molecule has 0 spiro atoms. The molecule has 0 bridgehead atoms. The molecule has 1 N–H and O–H groups in total. The molecule has 0 radical (unpaired) electrons. The van der Waals surface area contributed by atoms with Crippen LogP contribution in [0.3, 0.4) is 0 Å². The summed E-state index contributed by atoms with van der Waals surface area (Å²) in [7, 11) is 5.02. The number of oxazole rings is 1. The molecule has 9 nitrogen and oxygen atoms in total. The van der Waals surface area contributed by atoms with Crippen molar-refractivity contribution >= 4 is 23.0 Å². The Morgan fingerprint density at radius 2 is 1.76 bits per heavy atom. The van der Waals surface area contributed by atoms with Crippen molar-refractivity contribution in [3.05, 3.63) is 105 Å². The summed E-state index contributed by atoms with van der Waals surface area (Å²) in [5.74, 6) is -0.216. The molecule has 0 saturated carbocycles. The first kappa shape index (κ1) is 23.5. The van der Waals surface area contributed by atoms with Crippen LogP contribution >= 0.6 is 0 Å². The molecule has 3 aromatic carbocycles. The van der Waals surface area contributed by atoms with E-state index in [1.165, 1.54) is 4.57 Å². The SMILES string of the molecule is CN(C)C(=O)c1ccc2c(c1)C(c1ccccc1)N(c1nc(-c3nc4ccccc4o3)c(O)c(=O)n1C)C2. The van der Waals surface area contributed by atoms with E-state index in [0.29, 0.717) is 29.2 Å². The number of aromatic nitrogens is 3. The van der Waals surface area contributed by atoms with Crippen molar-refractivity contribution in [2.24, 2.45) is 7.05 Å². The number of carbonyl (C=O) groups is 1. The van der Waals surface area contributed by atoms with Crippen molar-refractivity contribution in [1.29, 1.82) is 0 Å². The summed E-state index contributed by atoms with van der Waals surface area (Å²) in [5, 5.41) is 10.8. The smallest absolute Gasteiger partial charge is 0.297 e. The van der Waals surface area contributed by atoms with Crippen molar-refractivity contribution in [1.82, 2.24) is 19.4 Å². The lowest BCUT2D eigenvalue weighted by Gasteiger charge is -2.28. The summed E-state index contributed by atoms with van der Waals surface area (Å²) in [6, 6.07) is 22.4. The molecule has 1 aliphatic rings. The minimum atomic E-state index is -0.613. The number of carbonyl (C=O) groups excluding carboxylic acids is 1. The van der Waals surface area contributed by atoms with Gasteiger partial charge in [0.2, 0.25) is 11.7 Å². The fraction of sp³-hybridized carbons (Fsp3) is 0.172. The lowest BCUT2D eigenvalue weighted by molar-refractivity contribution is 0.0827. The molecule has 5 aromatic rings. The monoisotopic (exact) mass is 507 g/mol. The molecule has 1 aliphatic heterocycles. The first-order chi connectivity index (χ1) is 18.3. The van der Waals surface area contributed by atoms with Gasteiger partial charge in [-0.15, -0.1) is 0 Å². The van der Waals surface area contributed by atoms with E-state index in [2.05, 4.69) is 4.98 Å². The molecule has 3 heterocycles. The van der Waals surface area contributed by atoms with Crippen molar-refractivity contribution in [3.63, 3.8) is 0 Å². The number of nitrogens with zero attached hydrogens (tertiary/aromatic N) is 5. The number of amides is 1. The second-order valence-electron chi connectivity index (χ2n) is 9.51. The van der Waals surface area contributed by atoms with Gasteiger partial charge in [-0.25, -0.2) is 9.97 Å². The Kier molecular flexibility index (Phi) is 5.48. The van der Waals surface area contributed by atoms with E-state index in [1.807, 2.05) is 65.6 Å². The number of hydrogen-bond donors (Lipinski definition) is 1. The zero-order valence-electron chi connectivity index (χ0n) is 21.1. The van der Waals surface area contributed by atoms with Crippen LogP contribution in [0.5, 0.6) is 5.75 Å². The Morgan fingerprint density at radius 1 is 1.03 bits per heavy atom. The zero-order chi connectivity index (χ0) is 26.6. The van der Waals surface area contributed by atoms with Crippen molar-refractivity contribution in [3.8, 4) is 17.3 Å². The van der Waals surface area contributed by atoms with Gasteiger partial charge < -0.3 is 19.3 Å². The summed E-state index contributed by atoms with van der Waals surface area (Å²) >= 11 is 0. The molecule has 0 aliphatic carbocycles. The highest BCUT2D eigenvalue weighted by molar-refractivity contribution is 5.94. The number of anilines is 1. The van der Waals surface area contributed by atoms with Crippen LogP contribution in [-0.2, 0) is 13.6 Å². The maximum absolute atomic E-state index is 13.2. The molecule has 2 aromatic heterocycles. The van der Waals surface area contributed by atoms with Crippen LogP contribution in [0.1, 0.15) is 33.1 Å². The molecule has 6 rings (SSSR count). The Morgan fingerprint density at radius 3 is 2.50 bits per heavy atom. The normalized spacial score (nSPS) is 14.6. The largest absolute Gasteiger partial charge is 0.501 e. The molecule has 0 fully saturated rings. The summed E-state index contributed by atoms with van der Waals surface area (Å²) in [5.41, 5.74) is 4.01. The van der Waals surface area contributed by atoms with Gasteiger partial charge in [0.25, 0.3) is 17.4 Å². The Balaban J connectivity index is 1.53. The second-order valence-corrected chi connectivity index (χ2v) is 9.51. The van der Waals surface area contributed by atoms with E-state index in [1.54, 1.807) is 38.2 Å². The van der Waals surface area contributed by atoms with Crippen LogP contribution in [0.15, 0.2) is 82.0 Å². The van der Waals surface area contributed by atoms with Crippen molar-refractivity contribution in [2.75, 3.05) is 19.0 Å². The molecule has 38 heavy (non-hydrogen) atoms. The molecule has 190 valence electrons. The zero-order valence-corrected chi connectivity index (χ0v) is 21.1. The van der Waals surface area contributed by atoms with Crippen molar-refractivity contribution in [2.45, 2.75) is 12.6 Å². The lowest BCUT2D eigenvalue weighted by Crippen LogP contribution is -2.31. The molecule has 1 atom stereocenters. The number of benzene rings is 3. The summed E-state index contributed by atoms with van der Waals surface area (Å²) in [4.78, 5) is 38.7. The van der Waals surface area contributed by atoms with Gasteiger partial charge >= 0.3 is 0 Å². The molecular formula is C29H25N5O4. The molecule has 1 unspecified atom stereocenters. The van der Waals surface area contributed by atoms with Crippen LogP contribution in [0, 0.1) is 0 Å². The predicted octanol–water partition coefficient (Wildman–Crippen LogP) is 4.11. The third kappa shape index (κ3) is 3.71. The fourth-order valence-electron chi connectivity index (χ4n) is 4.97. The fourth-order valence-corrected chi connectivity index (χ4v) is 4.97. The van der Waals surface area contributed by atoms with Gasteiger partial charge in [0.15, 0.2) is 11.3 Å². The van der Waals surface area contributed by atoms with Gasteiger partial charge in [-0.3, -0.25) is 14.2 Å². The number of rotatable bonds is 4. The third-order valence-corrected chi connectivity index (χ3v) is 6.86. The topological polar surface area (TPSA) is 105 Å². The average molecular weight is 508 g/mol. The highest BCUT2D eigenvalue weighted by Gasteiger charge is 2.35. The molecule has 9 heteroatoms. The third-order valence-electron chi connectivity index (χ3n) is 6.86. The van der Waals surface area contributed by atoms with Crippen LogP contribution in [-0.4, -0.2) is 44.5 Å². The van der Waals surface area contributed by atoms with Gasteiger partial charge in [0, 0.05) is 33.3 Å². The summed E-state index contributed by atoms with van der Waals surface area (Å²) < 4.78 is 7.17. The molecule has 1 amide bonds. The van der Waals surface area contributed by atoms with Crippen molar-refractivity contribution < 1.29 is 14.3 Å². The Hall–Kier alpha value is -4.92. The van der Waals surface area contributed by atoms with E-state index in [4.69, 9.17) is 9.40 Å². The summed E-state index contributed by atoms with van der Waals surface area (Å²) in [6.45, 7) is 0.448. The predicted molar refractivity (Wildman–Crippen MR) is 143 cm³/mol. The first-order valence-electron chi connectivity index (χ1n) is 12.2. The minimum Gasteiger partial charge on any atom is -0.501 e. The van der Waals surface area contributed by atoms with E-state index in [9.17, 15) is 14.7 Å². The van der Waals surface area contributed by atoms with E-state index in [-0.39, 0.29) is 23.5 Å². The Labute approximate surface area is 218 Å². The highest BCUT2D eigenvalue weighted by Crippen LogP contribution is 2.42. The lowest BCUT2D eigenvalue weighted by atomic mass is 9.96. The van der Waals surface area contributed by atoms with Crippen LogP contribution in [0.25, 0.3) is 22.7 Å². The van der Waals surface area contributed by atoms with E-state index >= 15 is 0 Å². The first-order valence-corrected chi connectivity index (χ1v) is 12.2. The van der Waals surface area contributed by atoms with Gasteiger partial charge in [-0.05, 0) is 41.0 Å². The number of aromatic hydroxyl groups is 1. The Bertz CT molecular complexity index is 1720. The number of fused-ring (bicyclic) bond motifs is 2. The van der Waals surface area contributed by atoms with Gasteiger partial charge in [-0.1, -0.05) is 48.5 Å². The van der Waals surface area contributed by atoms with E-state index in [0.717, 1.165) is 16.7 Å². The van der Waals surface area contributed by atoms with Crippen LogP contribution in [0.4, 0.5) is 5.95 Å². The maximum atomic E-state index is 13.2. The number of para-hydroxylation sites is 2. The number of hydrogen-bond acceptors (Lipinski definition) is 7. The standard InChI is InChI=1S/C29H25N5O4/c1-32(2)27(36)18-13-14-19-16-34(24(20(19)15-18)17-9-5-4-6-10-17)29-31-23(25(35)28(37)33(29)3)26-30-21-11-7-8-12-22(21)38-26/h4-15,24,35H,16H2,1-3H3. The molecular weight excluding hydrogens is 482 g/mol. The van der Waals surface area contributed by atoms with Gasteiger partial charge in [0.05, 0.1) is 6.04 Å². The summed E-state index contributed by atoms with van der Waals surface area (Å²) in [6.07, 6.45) is 0. The molecule has 0 saturated heterocycles.